The summed E-state index contributed by atoms with van der Waals surface area (Å²) in [6, 6.07) is 15.8. The molecule has 20 heavy (non-hydrogen) atoms. The Balaban J connectivity index is 1.77. The second kappa shape index (κ2) is 6.02. The van der Waals surface area contributed by atoms with Gasteiger partial charge in [-0.25, -0.2) is 0 Å². The molecule has 0 aliphatic carbocycles. The molecule has 1 aliphatic rings. The highest BCUT2D eigenvalue weighted by molar-refractivity contribution is 7.99. The number of thioether (sulfide) groups is 1. The first-order chi connectivity index (χ1) is 9.75. The lowest BCUT2D eigenvalue weighted by molar-refractivity contribution is 0.508. The zero-order chi connectivity index (χ0) is 13.9. The minimum Gasteiger partial charge on any atom is -0.306 e. The van der Waals surface area contributed by atoms with Crippen LogP contribution in [-0.4, -0.2) is 5.75 Å². The zero-order valence-corrected chi connectivity index (χ0v) is 13.0. The molecule has 1 aliphatic heterocycles. The van der Waals surface area contributed by atoms with Crippen LogP contribution >= 0.6 is 11.8 Å². The van der Waals surface area contributed by atoms with Crippen LogP contribution in [-0.2, 0) is 6.54 Å². The Hall–Kier alpha value is -1.25. The van der Waals surface area contributed by atoms with E-state index in [0.29, 0.717) is 6.04 Å². The average Bonchev–Trinajstić information content (AvgIpc) is 2.47. The number of fused-ring (bicyclic) bond motifs is 1. The summed E-state index contributed by atoms with van der Waals surface area (Å²) < 4.78 is 0. The van der Waals surface area contributed by atoms with E-state index in [2.05, 4.69) is 61.6 Å². The van der Waals surface area contributed by atoms with Gasteiger partial charge in [0.25, 0.3) is 0 Å². The van der Waals surface area contributed by atoms with Crippen molar-refractivity contribution < 1.29 is 0 Å². The van der Waals surface area contributed by atoms with Crippen LogP contribution < -0.4 is 5.32 Å². The number of hydrogen-bond donors (Lipinski definition) is 1. The average molecular weight is 283 g/mol. The van der Waals surface area contributed by atoms with Crippen LogP contribution in [0.2, 0.25) is 0 Å². The first kappa shape index (κ1) is 13.7. The van der Waals surface area contributed by atoms with Gasteiger partial charge in [-0.2, -0.15) is 0 Å². The smallest absolute Gasteiger partial charge is 0.0342 e. The minimum atomic E-state index is 0.492. The van der Waals surface area contributed by atoms with E-state index in [4.69, 9.17) is 0 Å². The van der Waals surface area contributed by atoms with E-state index < -0.39 is 0 Å². The van der Waals surface area contributed by atoms with Gasteiger partial charge in [0.2, 0.25) is 0 Å². The van der Waals surface area contributed by atoms with Crippen molar-refractivity contribution in [3.05, 3.63) is 64.7 Å². The lowest BCUT2D eigenvalue weighted by Gasteiger charge is -2.26. The molecule has 0 saturated heterocycles. The van der Waals surface area contributed by atoms with Gasteiger partial charge in [0.05, 0.1) is 0 Å². The fourth-order valence-corrected chi connectivity index (χ4v) is 4.03. The van der Waals surface area contributed by atoms with Gasteiger partial charge >= 0.3 is 0 Å². The van der Waals surface area contributed by atoms with Crippen LogP contribution in [0.15, 0.2) is 47.4 Å². The lowest BCUT2D eigenvalue weighted by Crippen LogP contribution is -2.24. The monoisotopic (exact) mass is 283 g/mol. The van der Waals surface area contributed by atoms with Crippen LogP contribution in [0.1, 0.15) is 34.7 Å². The van der Waals surface area contributed by atoms with Gasteiger partial charge in [0, 0.05) is 17.5 Å². The van der Waals surface area contributed by atoms with Crippen molar-refractivity contribution in [2.45, 2.75) is 37.8 Å². The SMILES string of the molecule is Cc1cccc(C)c1CNC1CCSc2ccccc21. The van der Waals surface area contributed by atoms with Gasteiger partial charge in [-0.1, -0.05) is 36.4 Å². The van der Waals surface area contributed by atoms with Crippen molar-refractivity contribution in [2.24, 2.45) is 0 Å². The molecule has 1 nitrogen and oxygen atoms in total. The Morgan fingerprint density at radius 3 is 2.60 bits per heavy atom. The summed E-state index contributed by atoms with van der Waals surface area (Å²) in [5.41, 5.74) is 5.69. The standard InChI is InChI=1S/C18H21NS/c1-13-6-5-7-14(2)16(13)12-19-17-10-11-20-18-9-4-3-8-15(17)18/h3-9,17,19H,10-12H2,1-2H3. The van der Waals surface area contributed by atoms with E-state index in [0.717, 1.165) is 6.54 Å². The first-order valence-electron chi connectivity index (χ1n) is 7.26. The molecular weight excluding hydrogens is 262 g/mol. The summed E-state index contributed by atoms with van der Waals surface area (Å²) in [6.45, 7) is 5.37. The Bertz CT molecular complexity index is 586. The fraction of sp³-hybridized carbons (Fsp3) is 0.333. The van der Waals surface area contributed by atoms with Crippen LogP contribution in [0.5, 0.6) is 0 Å². The second-order valence-electron chi connectivity index (χ2n) is 5.48. The fourth-order valence-electron chi connectivity index (χ4n) is 2.91. The highest BCUT2D eigenvalue weighted by Crippen LogP contribution is 2.36. The molecule has 1 N–H and O–H groups in total. The molecule has 0 spiro atoms. The molecule has 3 rings (SSSR count). The lowest BCUT2D eigenvalue weighted by atomic mass is 10.0. The third kappa shape index (κ3) is 2.77. The maximum Gasteiger partial charge on any atom is 0.0342 e. The Kier molecular flexibility index (Phi) is 4.13. The molecule has 0 saturated carbocycles. The van der Waals surface area contributed by atoms with Crippen LogP contribution in [0, 0.1) is 13.8 Å². The second-order valence-corrected chi connectivity index (χ2v) is 6.62. The Morgan fingerprint density at radius 2 is 1.80 bits per heavy atom. The van der Waals surface area contributed by atoms with Gasteiger partial charge in [0.15, 0.2) is 0 Å². The summed E-state index contributed by atoms with van der Waals surface area (Å²) in [5.74, 6) is 1.21. The van der Waals surface area contributed by atoms with Crippen molar-refractivity contribution in [2.75, 3.05) is 5.75 Å². The van der Waals surface area contributed by atoms with Gasteiger partial charge in [-0.15, -0.1) is 11.8 Å². The largest absolute Gasteiger partial charge is 0.306 e. The molecule has 0 bridgehead atoms. The van der Waals surface area contributed by atoms with Crippen molar-refractivity contribution in [1.82, 2.24) is 5.32 Å². The molecule has 2 aromatic rings. The number of nitrogens with one attached hydrogen (secondary N) is 1. The molecule has 0 radical (unpaired) electrons. The van der Waals surface area contributed by atoms with E-state index in [9.17, 15) is 0 Å². The molecular formula is C18H21NS. The third-order valence-corrected chi connectivity index (χ3v) is 5.25. The Labute approximate surface area is 125 Å². The Morgan fingerprint density at radius 1 is 1.05 bits per heavy atom. The first-order valence-corrected chi connectivity index (χ1v) is 8.24. The van der Waals surface area contributed by atoms with Gasteiger partial charge in [-0.05, 0) is 54.3 Å². The maximum absolute atomic E-state index is 3.76. The third-order valence-electron chi connectivity index (χ3n) is 4.13. The topological polar surface area (TPSA) is 12.0 Å². The zero-order valence-electron chi connectivity index (χ0n) is 12.1. The van der Waals surface area contributed by atoms with Gasteiger partial charge in [0.1, 0.15) is 0 Å². The maximum atomic E-state index is 3.76. The van der Waals surface area contributed by atoms with Crippen molar-refractivity contribution in [3.63, 3.8) is 0 Å². The predicted molar refractivity (Wildman–Crippen MR) is 87.3 cm³/mol. The van der Waals surface area contributed by atoms with Crippen molar-refractivity contribution >= 4 is 11.8 Å². The highest BCUT2D eigenvalue weighted by atomic mass is 32.2. The molecule has 1 unspecified atom stereocenters. The van der Waals surface area contributed by atoms with Crippen molar-refractivity contribution in [1.29, 1.82) is 0 Å². The molecule has 1 heterocycles. The molecule has 2 heteroatoms. The summed E-state index contributed by atoms with van der Waals surface area (Å²) >= 11 is 1.98. The van der Waals surface area contributed by atoms with Crippen LogP contribution in [0.4, 0.5) is 0 Å². The van der Waals surface area contributed by atoms with E-state index in [1.165, 1.54) is 39.3 Å². The number of rotatable bonds is 3. The van der Waals surface area contributed by atoms with E-state index in [1.54, 1.807) is 0 Å². The molecule has 2 aromatic carbocycles. The van der Waals surface area contributed by atoms with E-state index >= 15 is 0 Å². The van der Waals surface area contributed by atoms with Crippen molar-refractivity contribution in [3.8, 4) is 0 Å². The number of benzene rings is 2. The molecule has 1 atom stereocenters. The van der Waals surface area contributed by atoms with Gasteiger partial charge < -0.3 is 5.32 Å². The van der Waals surface area contributed by atoms with Crippen LogP contribution in [0.3, 0.4) is 0 Å². The number of hydrogen-bond acceptors (Lipinski definition) is 2. The normalized spacial score (nSPS) is 17.8. The molecule has 0 aromatic heterocycles. The summed E-state index contributed by atoms with van der Waals surface area (Å²) in [7, 11) is 0. The quantitative estimate of drug-likeness (QED) is 0.881. The van der Waals surface area contributed by atoms with E-state index in [-0.39, 0.29) is 0 Å². The molecule has 104 valence electrons. The number of aryl methyl sites for hydroxylation is 2. The molecule has 0 amide bonds. The summed E-state index contributed by atoms with van der Waals surface area (Å²) in [6.07, 6.45) is 1.21. The van der Waals surface area contributed by atoms with Crippen LogP contribution in [0.25, 0.3) is 0 Å². The predicted octanol–water partition coefficient (Wildman–Crippen LogP) is 4.63. The summed E-state index contributed by atoms with van der Waals surface area (Å²) in [4.78, 5) is 1.44. The molecule has 0 fully saturated rings. The van der Waals surface area contributed by atoms with E-state index in [1.807, 2.05) is 11.8 Å². The minimum absolute atomic E-state index is 0.492. The summed E-state index contributed by atoms with van der Waals surface area (Å²) in [5, 5.41) is 3.76. The highest BCUT2D eigenvalue weighted by Gasteiger charge is 2.19. The van der Waals surface area contributed by atoms with Gasteiger partial charge in [-0.3, -0.25) is 0 Å².